The summed E-state index contributed by atoms with van der Waals surface area (Å²) in [7, 11) is 0. The van der Waals surface area contributed by atoms with Gasteiger partial charge in [0.25, 0.3) is 0 Å². The van der Waals surface area contributed by atoms with Crippen molar-refractivity contribution in [2.24, 2.45) is 0 Å². The molecule has 2 heterocycles. The van der Waals surface area contributed by atoms with Crippen LogP contribution < -0.4 is 0 Å². The van der Waals surface area contributed by atoms with Crippen LogP contribution in [0.4, 0.5) is 0 Å². The lowest BCUT2D eigenvalue weighted by atomic mass is 10.1. The van der Waals surface area contributed by atoms with E-state index in [1.165, 1.54) is 11.6 Å². The van der Waals surface area contributed by atoms with Crippen LogP contribution in [0.15, 0.2) is 42.6 Å². The topological polar surface area (TPSA) is 67.5 Å². The minimum absolute atomic E-state index is 0.162. The molecule has 20 heavy (non-hydrogen) atoms. The van der Waals surface area contributed by atoms with Crippen LogP contribution in [0.25, 0.3) is 5.65 Å². The lowest BCUT2D eigenvalue weighted by Crippen LogP contribution is -2.02. The normalized spacial score (nSPS) is 10.8. The van der Waals surface area contributed by atoms with Gasteiger partial charge in [-0.2, -0.15) is 0 Å². The third-order valence-corrected chi connectivity index (χ3v) is 3.22. The molecule has 0 bridgehead atoms. The number of aromatic nitrogens is 3. The van der Waals surface area contributed by atoms with Crippen molar-refractivity contribution in [3.8, 4) is 0 Å². The molecule has 0 aliphatic heterocycles. The fraction of sp³-hybridized carbons (Fsp3) is 0.133. The molecule has 5 heteroatoms. The number of aromatic carboxylic acids is 1. The minimum Gasteiger partial charge on any atom is -0.478 e. The summed E-state index contributed by atoms with van der Waals surface area (Å²) in [4.78, 5) is 11.1. The number of benzene rings is 1. The van der Waals surface area contributed by atoms with E-state index in [2.05, 4.69) is 10.2 Å². The molecule has 0 aliphatic rings. The standard InChI is InChI=1S/C15H13N3O2/c1-10-4-6-11(7-5-10)9-13-16-17-14-12(15(19)20)3-2-8-18(13)14/h2-8H,9H2,1H3,(H,19,20). The highest BCUT2D eigenvalue weighted by Gasteiger charge is 2.13. The third-order valence-electron chi connectivity index (χ3n) is 3.22. The van der Waals surface area contributed by atoms with Crippen molar-refractivity contribution in [2.75, 3.05) is 0 Å². The summed E-state index contributed by atoms with van der Waals surface area (Å²) < 4.78 is 1.73. The molecule has 0 spiro atoms. The highest BCUT2D eigenvalue weighted by atomic mass is 16.4. The monoisotopic (exact) mass is 267 g/mol. The SMILES string of the molecule is Cc1ccc(Cc2nnc3c(C(=O)O)cccn23)cc1. The summed E-state index contributed by atoms with van der Waals surface area (Å²) in [5, 5.41) is 17.2. The maximum absolute atomic E-state index is 11.1. The van der Waals surface area contributed by atoms with Crippen LogP contribution in [0.5, 0.6) is 0 Å². The Morgan fingerprint density at radius 3 is 2.65 bits per heavy atom. The number of rotatable bonds is 3. The Morgan fingerprint density at radius 2 is 1.95 bits per heavy atom. The van der Waals surface area contributed by atoms with Crippen molar-refractivity contribution in [3.05, 3.63) is 65.1 Å². The van der Waals surface area contributed by atoms with Crippen LogP contribution >= 0.6 is 0 Å². The van der Waals surface area contributed by atoms with Gasteiger partial charge in [0.15, 0.2) is 5.65 Å². The predicted octanol–water partition coefficient (Wildman–Crippen LogP) is 2.33. The molecular formula is C15H13N3O2. The molecule has 1 aromatic carbocycles. The third kappa shape index (κ3) is 2.14. The molecule has 0 fully saturated rings. The zero-order valence-corrected chi connectivity index (χ0v) is 10.9. The van der Waals surface area contributed by atoms with Crippen molar-refractivity contribution in [2.45, 2.75) is 13.3 Å². The summed E-state index contributed by atoms with van der Waals surface area (Å²) in [5.74, 6) is -0.267. The molecule has 0 aliphatic carbocycles. The number of carboxylic acids is 1. The quantitative estimate of drug-likeness (QED) is 0.790. The Morgan fingerprint density at radius 1 is 1.20 bits per heavy atom. The van der Waals surface area contributed by atoms with Gasteiger partial charge in [-0.05, 0) is 24.6 Å². The minimum atomic E-state index is -0.995. The summed E-state index contributed by atoms with van der Waals surface area (Å²) in [6.07, 6.45) is 2.40. The van der Waals surface area contributed by atoms with Crippen molar-refractivity contribution in [1.29, 1.82) is 0 Å². The van der Waals surface area contributed by atoms with Gasteiger partial charge >= 0.3 is 5.97 Å². The zero-order chi connectivity index (χ0) is 14.1. The number of hydrogen-bond donors (Lipinski definition) is 1. The van der Waals surface area contributed by atoms with E-state index >= 15 is 0 Å². The second-order valence-electron chi connectivity index (χ2n) is 4.70. The van der Waals surface area contributed by atoms with E-state index in [1.807, 2.05) is 31.2 Å². The van der Waals surface area contributed by atoms with E-state index in [0.717, 1.165) is 11.4 Å². The molecule has 1 N–H and O–H groups in total. The van der Waals surface area contributed by atoms with Crippen LogP contribution in [-0.4, -0.2) is 25.7 Å². The number of nitrogens with zero attached hydrogens (tertiary/aromatic N) is 3. The van der Waals surface area contributed by atoms with Gasteiger partial charge in [0.2, 0.25) is 0 Å². The van der Waals surface area contributed by atoms with Crippen LogP contribution in [0.2, 0.25) is 0 Å². The van der Waals surface area contributed by atoms with E-state index in [9.17, 15) is 4.79 Å². The van der Waals surface area contributed by atoms with E-state index in [-0.39, 0.29) is 5.56 Å². The van der Waals surface area contributed by atoms with Crippen molar-refractivity contribution in [1.82, 2.24) is 14.6 Å². The van der Waals surface area contributed by atoms with Crippen LogP contribution in [0.1, 0.15) is 27.3 Å². The van der Waals surface area contributed by atoms with Gasteiger partial charge in [-0.1, -0.05) is 29.8 Å². The lowest BCUT2D eigenvalue weighted by Gasteiger charge is -2.02. The number of aryl methyl sites for hydroxylation is 1. The molecule has 0 amide bonds. The summed E-state index contributed by atoms with van der Waals surface area (Å²) in [5.41, 5.74) is 2.86. The molecule has 0 radical (unpaired) electrons. The van der Waals surface area contributed by atoms with Gasteiger partial charge in [-0.25, -0.2) is 4.79 Å². The molecule has 0 saturated carbocycles. The van der Waals surface area contributed by atoms with Crippen LogP contribution in [0, 0.1) is 6.92 Å². The Kier molecular flexibility index (Phi) is 2.95. The van der Waals surface area contributed by atoms with Crippen LogP contribution in [-0.2, 0) is 6.42 Å². The van der Waals surface area contributed by atoms with E-state index in [0.29, 0.717) is 12.1 Å². The second-order valence-corrected chi connectivity index (χ2v) is 4.70. The van der Waals surface area contributed by atoms with Crippen molar-refractivity contribution >= 4 is 11.6 Å². The zero-order valence-electron chi connectivity index (χ0n) is 10.9. The van der Waals surface area contributed by atoms with Gasteiger partial charge in [0.05, 0.1) is 0 Å². The predicted molar refractivity (Wildman–Crippen MR) is 73.9 cm³/mol. The lowest BCUT2D eigenvalue weighted by molar-refractivity contribution is 0.0698. The van der Waals surface area contributed by atoms with Gasteiger partial charge in [0, 0.05) is 12.6 Å². The van der Waals surface area contributed by atoms with Gasteiger partial charge in [-0.3, -0.25) is 4.40 Å². The first kappa shape index (κ1) is 12.3. The highest BCUT2D eigenvalue weighted by molar-refractivity contribution is 5.94. The molecule has 5 nitrogen and oxygen atoms in total. The fourth-order valence-electron chi connectivity index (χ4n) is 2.14. The number of carbonyl (C=O) groups is 1. The first-order valence-electron chi connectivity index (χ1n) is 6.26. The summed E-state index contributed by atoms with van der Waals surface area (Å²) >= 11 is 0. The number of pyridine rings is 1. The molecule has 0 atom stereocenters. The van der Waals surface area contributed by atoms with Crippen molar-refractivity contribution in [3.63, 3.8) is 0 Å². The number of carboxylic acid groups (broad SMARTS) is 1. The average molecular weight is 267 g/mol. The summed E-state index contributed by atoms with van der Waals surface area (Å²) in [6.45, 7) is 2.04. The molecule has 3 aromatic rings. The molecule has 0 unspecified atom stereocenters. The van der Waals surface area contributed by atoms with Gasteiger partial charge < -0.3 is 5.11 Å². The van der Waals surface area contributed by atoms with Crippen LogP contribution in [0.3, 0.4) is 0 Å². The first-order valence-corrected chi connectivity index (χ1v) is 6.26. The van der Waals surface area contributed by atoms with E-state index < -0.39 is 5.97 Å². The second kappa shape index (κ2) is 4.77. The van der Waals surface area contributed by atoms with Gasteiger partial charge in [0.1, 0.15) is 11.4 Å². The first-order chi connectivity index (χ1) is 9.65. The van der Waals surface area contributed by atoms with E-state index in [1.54, 1.807) is 16.7 Å². The molecule has 100 valence electrons. The van der Waals surface area contributed by atoms with Gasteiger partial charge in [-0.15, -0.1) is 10.2 Å². The largest absolute Gasteiger partial charge is 0.478 e. The van der Waals surface area contributed by atoms with E-state index in [4.69, 9.17) is 5.11 Å². The average Bonchev–Trinajstić information content (AvgIpc) is 2.84. The Labute approximate surface area is 115 Å². The Bertz CT molecular complexity index is 775. The maximum atomic E-state index is 11.1. The number of hydrogen-bond acceptors (Lipinski definition) is 3. The Balaban J connectivity index is 2.03. The van der Waals surface area contributed by atoms with Crippen molar-refractivity contribution < 1.29 is 9.90 Å². The maximum Gasteiger partial charge on any atom is 0.339 e. The molecule has 0 saturated heterocycles. The molecular weight excluding hydrogens is 254 g/mol. The Hall–Kier alpha value is -2.69. The summed E-state index contributed by atoms with van der Waals surface area (Å²) in [6, 6.07) is 11.4. The smallest absolute Gasteiger partial charge is 0.339 e. The highest BCUT2D eigenvalue weighted by Crippen LogP contribution is 2.13. The number of fused-ring (bicyclic) bond motifs is 1. The molecule has 3 rings (SSSR count). The molecule has 2 aromatic heterocycles. The fourth-order valence-corrected chi connectivity index (χ4v) is 2.14.